The second kappa shape index (κ2) is 5.53. The minimum Gasteiger partial charge on any atom is -0.490 e. The first-order valence-electron chi connectivity index (χ1n) is 6.74. The van der Waals surface area contributed by atoms with Gasteiger partial charge in [-0.2, -0.15) is 4.31 Å². The lowest BCUT2D eigenvalue weighted by Gasteiger charge is -2.26. The van der Waals surface area contributed by atoms with Crippen molar-refractivity contribution in [2.75, 3.05) is 32.8 Å². The van der Waals surface area contributed by atoms with Gasteiger partial charge in [0.1, 0.15) is 0 Å². The highest BCUT2D eigenvalue weighted by Crippen LogP contribution is 2.32. The van der Waals surface area contributed by atoms with E-state index in [4.69, 9.17) is 9.47 Å². The van der Waals surface area contributed by atoms with Crippen molar-refractivity contribution in [3.05, 3.63) is 18.2 Å². The van der Waals surface area contributed by atoms with Crippen LogP contribution in [0.15, 0.2) is 23.1 Å². The number of piperazine rings is 1. The van der Waals surface area contributed by atoms with Crippen LogP contribution in [-0.4, -0.2) is 51.5 Å². The molecule has 8 heteroatoms. The van der Waals surface area contributed by atoms with E-state index in [1.165, 1.54) is 16.4 Å². The van der Waals surface area contributed by atoms with Crippen LogP contribution >= 0.6 is 0 Å². The molecule has 0 spiro atoms. The number of fused-ring (bicyclic) bond motifs is 1. The smallest absolute Gasteiger partial charge is 0.243 e. The average molecular weight is 312 g/mol. The highest BCUT2D eigenvalue weighted by atomic mass is 32.2. The van der Waals surface area contributed by atoms with Crippen LogP contribution < -0.4 is 14.8 Å². The van der Waals surface area contributed by atoms with Gasteiger partial charge in [-0.15, -0.1) is 0 Å². The molecule has 1 saturated heterocycles. The Bertz CT molecular complexity index is 659. The quantitative estimate of drug-likeness (QED) is 0.829. The number of sulfonamides is 1. The minimum atomic E-state index is -3.70. The molecule has 0 saturated carbocycles. The Labute approximate surface area is 122 Å². The predicted octanol–water partition coefficient (Wildman–Crippen LogP) is -0.0316. The molecule has 2 aliphatic heterocycles. The van der Waals surface area contributed by atoms with Crippen molar-refractivity contribution < 1.29 is 22.7 Å². The van der Waals surface area contributed by atoms with E-state index in [0.29, 0.717) is 31.3 Å². The lowest BCUT2D eigenvalue weighted by Crippen LogP contribution is -2.49. The van der Waals surface area contributed by atoms with E-state index < -0.39 is 10.0 Å². The van der Waals surface area contributed by atoms with Crippen molar-refractivity contribution in [3.63, 3.8) is 0 Å². The number of hydrogen-bond donors (Lipinski definition) is 1. The van der Waals surface area contributed by atoms with Gasteiger partial charge in [0.15, 0.2) is 11.5 Å². The Morgan fingerprint density at radius 3 is 2.67 bits per heavy atom. The summed E-state index contributed by atoms with van der Waals surface area (Å²) in [5.41, 5.74) is 0. The van der Waals surface area contributed by atoms with Gasteiger partial charge in [0.05, 0.1) is 24.7 Å². The molecule has 0 unspecified atom stereocenters. The van der Waals surface area contributed by atoms with Gasteiger partial charge in [-0.1, -0.05) is 0 Å². The molecule has 21 heavy (non-hydrogen) atoms. The molecule has 2 aliphatic rings. The normalized spacial score (nSPS) is 19.7. The summed E-state index contributed by atoms with van der Waals surface area (Å²) in [6, 6.07) is 4.54. The molecule has 7 nitrogen and oxygen atoms in total. The third kappa shape index (κ3) is 2.81. The van der Waals surface area contributed by atoms with E-state index in [0.717, 1.165) is 6.42 Å². The molecule has 3 rings (SSSR count). The summed E-state index contributed by atoms with van der Waals surface area (Å²) in [7, 11) is -3.70. The van der Waals surface area contributed by atoms with Gasteiger partial charge in [-0.05, 0) is 12.1 Å². The maximum absolute atomic E-state index is 12.6. The summed E-state index contributed by atoms with van der Waals surface area (Å²) < 4.78 is 37.3. The van der Waals surface area contributed by atoms with Crippen LogP contribution in [0.5, 0.6) is 11.5 Å². The number of amides is 1. The molecule has 2 heterocycles. The molecule has 114 valence electrons. The predicted molar refractivity (Wildman–Crippen MR) is 73.8 cm³/mol. The highest BCUT2D eigenvalue weighted by molar-refractivity contribution is 7.89. The number of nitrogens with one attached hydrogen (secondary N) is 1. The lowest BCUT2D eigenvalue weighted by atomic mass is 10.3. The van der Waals surface area contributed by atoms with Crippen LogP contribution in [0, 0.1) is 0 Å². The highest BCUT2D eigenvalue weighted by Gasteiger charge is 2.30. The van der Waals surface area contributed by atoms with Gasteiger partial charge in [-0.25, -0.2) is 8.42 Å². The summed E-state index contributed by atoms with van der Waals surface area (Å²) in [4.78, 5) is 11.5. The average Bonchev–Trinajstić information content (AvgIpc) is 2.71. The van der Waals surface area contributed by atoms with Gasteiger partial charge in [0.2, 0.25) is 15.9 Å². The van der Waals surface area contributed by atoms with Crippen LogP contribution in [0.25, 0.3) is 0 Å². The van der Waals surface area contributed by atoms with Crippen molar-refractivity contribution in [1.82, 2.24) is 9.62 Å². The minimum absolute atomic E-state index is 0.112. The van der Waals surface area contributed by atoms with Gasteiger partial charge in [0.25, 0.3) is 0 Å². The summed E-state index contributed by atoms with van der Waals surface area (Å²) in [6.07, 6.45) is 0.753. The molecule has 0 bridgehead atoms. The first-order chi connectivity index (χ1) is 10.1. The molecule has 0 atom stereocenters. The van der Waals surface area contributed by atoms with E-state index >= 15 is 0 Å². The van der Waals surface area contributed by atoms with Crippen LogP contribution in [0.2, 0.25) is 0 Å². The Kier molecular flexibility index (Phi) is 3.73. The molecule has 0 aromatic heterocycles. The van der Waals surface area contributed by atoms with Crippen LogP contribution in [0.1, 0.15) is 6.42 Å². The number of ether oxygens (including phenoxy) is 2. The number of carbonyl (C=O) groups excluding carboxylic acids is 1. The zero-order valence-electron chi connectivity index (χ0n) is 11.4. The van der Waals surface area contributed by atoms with Gasteiger partial charge in [-0.3, -0.25) is 4.79 Å². The third-order valence-electron chi connectivity index (χ3n) is 3.36. The maximum Gasteiger partial charge on any atom is 0.243 e. The summed E-state index contributed by atoms with van der Waals surface area (Å²) >= 11 is 0. The van der Waals surface area contributed by atoms with E-state index in [2.05, 4.69) is 5.32 Å². The van der Waals surface area contributed by atoms with Crippen molar-refractivity contribution in [2.45, 2.75) is 11.3 Å². The number of hydrogen-bond acceptors (Lipinski definition) is 5. The van der Waals surface area contributed by atoms with E-state index in [-0.39, 0.29) is 23.9 Å². The molecule has 1 aromatic carbocycles. The number of rotatable bonds is 2. The number of benzene rings is 1. The Morgan fingerprint density at radius 2 is 1.90 bits per heavy atom. The van der Waals surface area contributed by atoms with Crippen molar-refractivity contribution in [1.29, 1.82) is 0 Å². The standard InChI is InChI=1S/C13H16N2O5S/c16-13-9-15(5-4-14-13)21(17,18)10-2-3-11-12(8-10)20-7-1-6-19-11/h2-3,8H,1,4-7,9H2,(H,14,16). The Balaban J connectivity index is 1.92. The SMILES string of the molecule is O=C1CN(S(=O)(=O)c2ccc3c(c2)OCCCO3)CCN1. The summed E-state index contributed by atoms with van der Waals surface area (Å²) in [5, 5.41) is 2.60. The van der Waals surface area contributed by atoms with Crippen molar-refractivity contribution >= 4 is 15.9 Å². The monoisotopic (exact) mass is 312 g/mol. The largest absolute Gasteiger partial charge is 0.490 e. The zero-order chi connectivity index (χ0) is 14.9. The lowest BCUT2D eigenvalue weighted by molar-refractivity contribution is -0.122. The molecular weight excluding hydrogens is 296 g/mol. The fourth-order valence-corrected chi connectivity index (χ4v) is 3.69. The fraction of sp³-hybridized carbons (Fsp3) is 0.462. The molecule has 1 amide bonds. The molecule has 1 fully saturated rings. The second-order valence-electron chi connectivity index (χ2n) is 4.85. The van der Waals surface area contributed by atoms with Crippen molar-refractivity contribution in [3.8, 4) is 11.5 Å². The summed E-state index contributed by atoms with van der Waals surface area (Å²) in [6.45, 7) is 1.47. The summed E-state index contributed by atoms with van der Waals surface area (Å²) in [5.74, 6) is 0.678. The molecule has 0 radical (unpaired) electrons. The number of nitrogens with zero attached hydrogens (tertiary/aromatic N) is 1. The van der Waals surface area contributed by atoms with Gasteiger partial charge in [0, 0.05) is 25.6 Å². The molecule has 1 aromatic rings. The fourth-order valence-electron chi connectivity index (χ4n) is 2.27. The molecular formula is C13H16N2O5S. The third-order valence-corrected chi connectivity index (χ3v) is 5.20. The van der Waals surface area contributed by atoms with E-state index in [9.17, 15) is 13.2 Å². The van der Waals surface area contributed by atoms with Crippen LogP contribution in [0.4, 0.5) is 0 Å². The molecule has 0 aliphatic carbocycles. The Morgan fingerprint density at radius 1 is 1.14 bits per heavy atom. The van der Waals surface area contributed by atoms with Gasteiger partial charge >= 0.3 is 0 Å². The maximum atomic E-state index is 12.6. The zero-order valence-corrected chi connectivity index (χ0v) is 12.2. The van der Waals surface area contributed by atoms with Crippen molar-refractivity contribution in [2.24, 2.45) is 0 Å². The van der Waals surface area contributed by atoms with Gasteiger partial charge < -0.3 is 14.8 Å². The Hall–Kier alpha value is -1.80. The first-order valence-corrected chi connectivity index (χ1v) is 8.18. The second-order valence-corrected chi connectivity index (χ2v) is 6.79. The molecule has 1 N–H and O–H groups in total. The first kappa shape index (κ1) is 14.2. The van der Waals surface area contributed by atoms with Crippen LogP contribution in [0.3, 0.4) is 0 Å². The van der Waals surface area contributed by atoms with E-state index in [1.54, 1.807) is 6.07 Å². The van der Waals surface area contributed by atoms with E-state index in [1.807, 2.05) is 0 Å². The number of carbonyl (C=O) groups is 1. The topological polar surface area (TPSA) is 84.9 Å². The van der Waals surface area contributed by atoms with Crippen LogP contribution in [-0.2, 0) is 14.8 Å².